The van der Waals surface area contributed by atoms with E-state index in [0.717, 1.165) is 12.0 Å². The number of nitrogens with one attached hydrogen (secondary N) is 1. The van der Waals surface area contributed by atoms with E-state index in [1.54, 1.807) is 0 Å². The summed E-state index contributed by atoms with van der Waals surface area (Å²) in [5, 5.41) is 2.85. The molecule has 1 atom stereocenters. The Labute approximate surface area is 130 Å². The highest BCUT2D eigenvalue weighted by Gasteiger charge is 2.12. The lowest BCUT2D eigenvalue weighted by Gasteiger charge is -2.16. The largest absolute Gasteiger partial charge is 0.445 e. The van der Waals surface area contributed by atoms with Crippen LogP contribution in [-0.2, 0) is 17.8 Å². The van der Waals surface area contributed by atoms with Crippen LogP contribution in [-0.4, -0.2) is 17.9 Å². The third-order valence-corrected chi connectivity index (χ3v) is 3.52. The van der Waals surface area contributed by atoms with E-state index in [9.17, 15) is 4.79 Å². The van der Waals surface area contributed by atoms with Gasteiger partial charge in [0.15, 0.2) is 0 Å². The number of alkyl carbamates (subject to hydrolysis) is 1. The summed E-state index contributed by atoms with van der Waals surface area (Å²) in [7, 11) is 0. The van der Waals surface area contributed by atoms with Gasteiger partial charge in [0.1, 0.15) is 6.61 Å². The molecule has 0 fully saturated rings. The highest BCUT2D eigenvalue weighted by molar-refractivity contribution is 7.80. The van der Waals surface area contributed by atoms with Gasteiger partial charge in [-0.1, -0.05) is 60.7 Å². The van der Waals surface area contributed by atoms with Crippen molar-refractivity contribution in [2.24, 2.45) is 0 Å². The van der Waals surface area contributed by atoms with Gasteiger partial charge in [0, 0.05) is 11.8 Å². The van der Waals surface area contributed by atoms with Crippen molar-refractivity contribution in [3.63, 3.8) is 0 Å². The third-order valence-electron chi connectivity index (χ3n) is 3.08. The summed E-state index contributed by atoms with van der Waals surface area (Å²) in [6.45, 7) is 0.275. The molecule has 0 saturated carbocycles. The van der Waals surface area contributed by atoms with Crippen LogP contribution in [0.25, 0.3) is 0 Å². The van der Waals surface area contributed by atoms with Gasteiger partial charge < -0.3 is 10.1 Å². The van der Waals surface area contributed by atoms with Gasteiger partial charge in [-0.25, -0.2) is 4.79 Å². The minimum Gasteiger partial charge on any atom is -0.445 e. The number of thiol groups is 1. The second kappa shape index (κ2) is 8.37. The number of carbonyl (C=O) groups excluding carboxylic acids is 1. The Morgan fingerprint density at radius 2 is 1.57 bits per heavy atom. The molecular formula is C17H19NO2S. The van der Waals surface area contributed by atoms with E-state index in [1.165, 1.54) is 5.56 Å². The molecule has 3 nitrogen and oxygen atoms in total. The number of carbonyl (C=O) groups is 1. The molecule has 0 aliphatic heterocycles. The predicted octanol–water partition coefficient (Wildman–Crippen LogP) is 3.45. The number of hydrogen-bond acceptors (Lipinski definition) is 3. The van der Waals surface area contributed by atoms with E-state index in [1.807, 2.05) is 60.7 Å². The predicted molar refractivity (Wildman–Crippen MR) is 87.5 cm³/mol. The van der Waals surface area contributed by atoms with Crippen molar-refractivity contribution in [2.75, 3.05) is 5.75 Å². The first kappa shape index (κ1) is 15.4. The molecule has 0 saturated heterocycles. The van der Waals surface area contributed by atoms with Crippen LogP contribution in [0.5, 0.6) is 0 Å². The number of benzene rings is 2. The van der Waals surface area contributed by atoms with E-state index < -0.39 is 6.09 Å². The van der Waals surface area contributed by atoms with E-state index in [-0.39, 0.29) is 12.6 Å². The maximum absolute atomic E-state index is 11.8. The van der Waals surface area contributed by atoms with Crippen molar-refractivity contribution in [3.8, 4) is 0 Å². The topological polar surface area (TPSA) is 38.3 Å². The lowest BCUT2D eigenvalue weighted by Crippen LogP contribution is -2.38. The van der Waals surface area contributed by atoms with Crippen LogP contribution in [0.4, 0.5) is 4.79 Å². The fourth-order valence-corrected chi connectivity index (χ4v) is 2.21. The Morgan fingerprint density at radius 3 is 2.14 bits per heavy atom. The Hall–Kier alpha value is -1.94. The Balaban J connectivity index is 1.80. The van der Waals surface area contributed by atoms with Crippen molar-refractivity contribution in [3.05, 3.63) is 71.8 Å². The SMILES string of the molecule is O=C(N[C@H](CS)Cc1ccccc1)OCc1ccccc1. The van der Waals surface area contributed by atoms with Gasteiger partial charge in [0.2, 0.25) is 0 Å². The second-order valence-corrected chi connectivity index (χ2v) is 5.14. The summed E-state index contributed by atoms with van der Waals surface area (Å²) < 4.78 is 5.21. The molecule has 2 aromatic rings. The molecular weight excluding hydrogens is 282 g/mol. The van der Waals surface area contributed by atoms with E-state index in [4.69, 9.17) is 4.74 Å². The number of hydrogen-bond donors (Lipinski definition) is 2. The summed E-state index contributed by atoms with van der Waals surface area (Å²) in [6.07, 6.45) is 0.332. The zero-order chi connectivity index (χ0) is 14.9. The first-order chi connectivity index (χ1) is 10.3. The zero-order valence-electron chi connectivity index (χ0n) is 11.7. The van der Waals surface area contributed by atoms with E-state index >= 15 is 0 Å². The molecule has 110 valence electrons. The van der Waals surface area contributed by atoms with Gasteiger partial charge in [-0.2, -0.15) is 12.6 Å². The minimum absolute atomic E-state index is 0.0426. The fraction of sp³-hybridized carbons (Fsp3) is 0.235. The average molecular weight is 301 g/mol. The lowest BCUT2D eigenvalue weighted by atomic mass is 10.1. The van der Waals surface area contributed by atoms with Crippen LogP contribution in [0.1, 0.15) is 11.1 Å². The molecule has 0 unspecified atom stereocenters. The Morgan fingerprint density at radius 1 is 1.00 bits per heavy atom. The zero-order valence-corrected chi connectivity index (χ0v) is 12.6. The highest BCUT2D eigenvalue weighted by Crippen LogP contribution is 2.05. The number of ether oxygens (including phenoxy) is 1. The van der Waals surface area contributed by atoms with Crippen LogP contribution < -0.4 is 5.32 Å². The minimum atomic E-state index is -0.408. The quantitative estimate of drug-likeness (QED) is 0.802. The van der Waals surface area contributed by atoms with Crippen LogP contribution in [0.15, 0.2) is 60.7 Å². The van der Waals surface area contributed by atoms with Crippen LogP contribution >= 0.6 is 12.6 Å². The molecule has 0 aliphatic carbocycles. The number of rotatable bonds is 6. The van der Waals surface area contributed by atoms with Crippen LogP contribution in [0.3, 0.4) is 0 Å². The smallest absolute Gasteiger partial charge is 0.407 e. The monoisotopic (exact) mass is 301 g/mol. The molecule has 1 amide bonds. The molecule has 0 aromatic heterocycles. The first-order valence-electron chi connectivity index (χ1n) is 6.90. The van der Waals surface area contributed by atoms with Crippen molar-refractivity contribution in [2.45, 2.75) is 19.1 Å². The van der Waals surface area contributed by atoms with Gasteiger partial charge in [-0.3, -0.25) is 0 Å². The van der Waals surface area contributed by atoms with Crippen molar-refractivity contribution >= 4 is 18.7 Å². The first-order valence-corrected chi connectivity index (χ1v) is 7.53. The molecule has 0 aliphatic rings. The summed E-state index contributed by atoms with van der Waals surface area (Å²) in [5.41, 5.74) is 2.14. The Kier molecular flexibility index (Phi) is 6.16. The fourth-order valence-electron chi connectivity index (χ4n) is 1.99. The second-order valence-electron chi connectivity index (χ2n) is 4.78. The molecule has 2 rings (SSSR count). The average Bonchev–Trinajstić information content (AvgIpc) is 2.54. The van der Waals surface area contributed by atoms with Crippen molar-refractivity contribution in [1.82, 2.24) is 5.32 Å². The summed E-state index contributed by atoms with van der Waals surface area (Å²) in [5.74, 6) is 0.565. The summed E-state index contributed by atoms with van der Waals surface area (Å²) in [6, 6.07) is 19.6. The van der Waals surface area contributed by atoms with Gasteiger partial charge >= 0.3 is 6.09 Å². The number of amides is 1. The standard InChI is InChI=1S/C17H19NO2S/c19-17(20-12-15-9-5-2-6-10-15)18-16(13-21)11-14-7-3-1-4-8-14/h1-10,16,21H,11-13H2,(H,18,19)/t16-/m0/s1. The lowest BCUT2D eigenvalue weighted by molar-refractivity contribution is 0.136. The molecule has 0 radical (unpaired) electrons. The molecule has 4 heteroatoms. The molecule has 0 bridgehead atoms. The molecule has 1 N–H and O–H groups in total. The van der Waals surface area contributed by atoms with Gasteiger partial charge in [0.05, 0.1) is 0 Å². The molecule has 0 heterocycles. The van der Waals surface area contributed by atoms with E-state index in [0.29, 0.717) is 5.75 Å². The molecule has 21 heavy (non-hydrogen) atoms. The maximum Gasteiger partial charge on any atom is 0.407 e. The van der Waals surface area contributed by atoms with Crippen molar-refractivity contribution < 1.29 is 9.53 Å². The summed E-state index contributed by atoms with van der Waals surface area (Å²) >= 11 is 4.29. The summed E-state index contributed by atoms with van der Waals surface area (Å²) in [4.78, 5) is 11.8. The van der Waals surface area contributed by atoms with Gasteiger partial charge in [-0.05, 0) is 17.5 Å². The van der Waals surface area contributed by atoms with Crippen LogP contribution in [0.2, 0.25) is 0 Å². The normalized spacial score (nSPS) is 11.7. The van der Waals surface area contributed by atoms with Gasteiger partial charge in [0.25, 0.3) is 0 Å². The van der Waals surface area contributed by atoms with Gasteiger partial charge in [-0.15, -0.1) is 0 Å². The maximum atomic E-state index is 11.8. The van der Waals surface area contributed by atoms with Crippen LogP contribution in [0, 0.1) is 0 Å². The molecule has 2 aromatic carbocycles. The van der Waals surface area contributed by atoms with Crippen molar-refractivity contribution in [1.29, 1.82) is 0 Å². The highest BCUT2D eigenvalue weighted by atomic mass is 32.1. The third kappa shape index (κ3) is 5.52. The van der Waals surface area contributed by atoms with E-state index in [2.05, 4.69) is 17.9 Å². The molecule has 0 spiro atoms. The Bertz CT molecular complexity index is 545.